The van der Waals surface area contributed by atoms with Crippen LogP contribution in [0.4, 0.5) is 0 Å². The van der Waals surface area contributed by atoms with Crippen LogP contribution in [0.25, 0.3) is 0 Å². The summed E-state index contributed by atoms with van der Waals surface area (Å²) < 4.78 is 0. The Morgan fingerprint density at radius 3 is 2.52 bits per heavy atom. The molecule has 0 aliphatic rings. The van der Waals surface area contributed by atoms with Gasteiger partial charge in [0.25, 0.3) is 0 Å². The summed E-state index contributed by atoms with van der Waals surface area (Å²) in [4.78, 5) is 21.5. The molecule has 1 rings (SSSR count). The number of aryl methyl sites for hydroxylation is 2. The molecule has 1 aromatic rings. The van der Waals surface area contributed by atoms with Crippen LogP contribution in [0.1, 0.15) is 36.3 Å². The van der Waals surface area contributed by atoms with Gasteiger partial charge in [0.1, 0.15) is 5.01 Å². The Morgan fingerprint density at radius 1 is 1.38 bits per heavy atom. The summed E-state index contributed by atoms with van der Waals surface area (Å²) in [6.45, 7) is 11.4. The lowest BCUT2D eigenvalue weighted by Crippen LogP contribution is -2.46. The summed E-state index contributed by atoms with van der Waals surface area (Å²) >= 11 is 1.66. The molecule has 0 saturated heterocycles. The topological polar surface area (TPSA) is 92.4 Å². The van der Waals surface area contributed by atoms with Crippen molar-refractivity contribution in [1.29, 1.82) is 0 Å². The Hall–Kier alpha value is -1.63. The smallest absolute Gasteiger partial charge is 0.224 e. The summed E-state index contributed by atoms with van der Waals surface area (Å²) in [6.07, 6.45) is 0. The highest BCUT2D eigenvalue weighted by atomic mass is 32.1. The third kappa shape index (κ3) is 5.34. The second kappa shape index (κ2) is 7.40. The molecule has 0 aliphatic carbocycles. The number of nitrogens with one attached hydrogen (secondary N) is 2. The van der Waals surface area contributed by atoms with Crippen LogP contribution in [-0.2, 0) is 11.3 Å². The van der Waals surface area contributed by atoms with Gasteiger partial charge in [0.05, 0.1) is 17.7 Å². The second-order valence-electron chi connectivity index (χ2n) is 5.55. The first-order valence-corrected chi connectivity index (χ1v) is 7.83. The van der Waals surface area contributed by atoms with Crippen LogP contribution in [0, 0.1) is 19.3 Å². The van der Waals surface area contributed by atoms with E-state index in [0.717, 1.165) is 17.2 Å². The minimum absolute atomic E-state index is 0.336. The fraction of sp³-hybridized carbons (Fsp3) is 0.643. The molecule has 1 heterocycles. The van der Waals surface area contributed by atoms with Crippen molar-refractivity contribution in [2.45, 2.75) is 41.2 Å². The Balaban J connectivity index is 2.68. The molecule has 6 nitrogen and oxygen atoms in total. The van der Waals surface area contributed by atoms with Crippen LogP contribution in [-0.4, -0.2) is 29.9 Å². The van der Waals surface area contributed by atoms with Crippen molar-refractivity contribution in [3.63, 3.8) is 0 Å². The third-order valence-electron chi connectivity index (χ3n) is 3.15. The van der Waals surface area contributed by atoms with Crippen molar-refractivity contribution >= 4 is 23.2 Å². The van der Waals surface area contributed by atoms with Gasteiger partial charge in [-0.25, -0.2) is 9.98 Å². The molecule has 1 amide bonds. The predicted molar refractivity (Wildman–Crippen MR) is 87.4 cm³/mol. The standard InChI is InChI=1S/C14H25N5OS/c1-6-16-13(18-8-14(4,5)12(15)20)17-7-11-19-9(2)10(3)21-11/h6-8H2,1-5H3,(H2,15,20)(H2,16,17,18). The van der Waals surface area contributed by atoms with Crippen LogP contribution in [0.5, 0.6) is 0 Å². The first-order valence-electron chi connectivity index (χ1n) is 7.01. The van der Waals surface area contributed by atoms with E-state index in [0.29, 0.717) is 19.0 Å². The van der Waals surface area contributed by atoms with Crippen LogP contribution < -0.4 is 16.4 Å². The highest BCUT2D eigenvalue weighted by molar-refractivity contribution is 7.11. The van der Waals surface area contributed by atoms with Gasteiger partial charge in [-0.3, -0.25) is 4.79 Å². The summed E-state index contributed by atoms with van der Waals surface area (Å²) in [6, 6.07) is 0. The molecule has 0 radical (unpaired) electrons. The number of carbonyl (C=O) groups is 1. The maximum absolute atomic E-state index is 11.3. The first kappa shape index (κ1) is 17.4. The van der Waals surface area contributed by atoms with Gasteiger partial charge in [0.15, 0.2) is 5.96 Å². The molecular weight excluding hydrogens is 286 g/mol. The zero-order valence-corrected chi connectivity index (χ0v) is 14.2. The van der Waals surface area contributed by atoms with Crippen LogP contribution >= 0.6 is 11.3 Å². The fourth-order valence-corrected chi connectivity index (χ4v) is 2.35. The van der Waals surface area contributed by atoms with Gasteiger partial charge in [-0.1, -0.05) is 0 Å². The molecule has 0 aliphatic heterocycles. The van der Waals surface area contributed by atoms with Gasteiger partial charge in [-0.15, -0.1) is 11.3 Å². The van der Waals surface area contributed by atoms with Gasteiger partial charge < -0.3 is 16.4 Å². The average molecular weight is 311 g/mol. The van der Waals surface area contributed by atoms with Crippen molar-refractivity contribution < 1.29 is 4.79 Å². The SMILES string of the molecule is CCNC(=NCc1nc(C)c(C)s1)NCC(C)(C)C(N)=O. The number of guanidine groups is 1. The fourth-order valence-electron chi connectivity index (χ4n) is 1.49. The molecule has 118 valence electrons. The number of thiazole rings is 1. The quantitative estimate of drug-likeness (QED) is 0.546. The lowest BCUT2D eigenvalue weighted by Gasteiger charge is -2.22. The zero-order valence-electron chi connectivity index (χ0n) is 13.4. The number of nitrogens with two attached hydrogens (primary N) is 1. The predicted octanol–water partition coefficient (Wildman–Crippen LogP) is 1.33. The van der Waals surface area contributed by atoms with Gasteiger partial charge in [0, 0.05) is 18.0 Å². The Kier molecular flexibility index (Phi) is 6.14. The molecule has 1 aromatic heterocycles. The Bertz CT molecular complexity index is 502. The number of hydrogen-bond acceptors (Lipinski definition) is 4. The van der Waals surface area contributed by atoms with Gasteiger partial charge in [-0.2, -0.15) is 0 Å². The number of carbonyl (C=O) groups excluding carboxylic acids is 1. The van der Waals surface area contributed by atoms with E-state index in [1.807, 2.05) is 13.8 Å². The summed E-state index contributed by atoms with van der Waals surface area (Å²) in [5.74, 6) is 0.328. The van der Waals surface area contributed by atoms with Crippen LogP contribution in [0.2, 0.25) is 0 Å². The molecule has 0 bridgehead atoms. The molecule has 0 spiro atoms. The number of nitrogens with zero attached hydrogens (tertiary/aromatic N) is 2. The van der Waals surface area contributed by atoms with E-state index in [2.05, 4.69) is 27.5 Å². The van der Waals surface area contributed by atoms with E-state index in [1.54, 1.807) is 25.2 Å². The minimum Gasteiger partial charge on any atom is -0.369 e. The highest BCUT2D eigenvalue weighted by Gasteiger charge is 2.24. The van der Waals surface area contributed by atoms with E-state index in [-0.39, 0.29) is 5.91 Å². The second-order valence-corrected chi connectivity index (χ2v) is 6.83. The summed E-state index contributed by atoms with van der Waals surface area (Å²) in [7, 11) is 0. The molecular formula is C14H25N5OS. The summed E-state index contributed by atoms with van der Waals surface area (Å²) in [5, 5.41) is 7.28. The number of rotatable bonds is 6. The molecule has 0 atom stereocenters. The number of primary amides is 1. The Labute approximate surface area is 130 Å². The van der Waals surface area contributed by atoms with Crippen molar-refractivity contribution in [3.05, 3.63) is 15.6 Å². The first-order chi connectivity index (χ1) is 9.76. The van der Waals surface area contributed by atoms with Crippen molar-refractivity contribution in [2.75, 3.05) is 13.1 Å². The molecule has 0 fully saturated rings. The maximum atomic E-state index is 11.3. The molecule has 7 heteroatoms. The lowest BCUT2D eigenvalue weighted by atomic mass is 9.93. The monoisotopic (exact) mass is 311 g/mol. The normalized spacial score (nSPS) is 12.3. The molecule has 0 saturated carbocycles. The van der Waals surface area contributed by atoms with E-state index in [4.69, 9.17) is 5.73 Å². The van der Waals surface area contributed by atoms with E-state index < -0.39 is 5.41 Å². The van der Waals surface area contributed by atoms with E-state index in [9.17, 15) is 4.79 Å². The lowest BCUT2D eigenvalue weighted by molar-refractivity contribution is -0.125. The number of hydrogen-bond donors (Lipinski definition) is 3. The van der Waals surface area contributed by atoms with Crippen molar-refractivity contribution in [2.24, 2.45) is 16.1 Å². The number of aliphatic imine (C=N–C) groups is 1. The van der Waals surface area contributed by atoms with Gasteiger partial charge >= 0.3 is 0 Å². The maximum Gasteiger partial charge on any atom is 0.224 e. The molecule has 0 aromatic carbocycles. The highest BCUT2D eigenvalue weighted by Crippen LogP contribution is 2.17. The largest absolute Gasteiger partial charge is 0.369 e. The van der Waals surface area contributed by atoms with E-state index >= 15 is 0 Å². The van der Waals surface area contributed by atoms with Crippen molar-refractivity contribution in [1.82, 2.24) is 15.6 Å². The van der Waals surface area contributed by atoms with Crippen LogP contribution in [0.15, 0.2) is 4.99 Å². The van der Waals surface area contributed by atoms with Crippen LogP contribution in [0.3, 0.4) is 0 Å². The Morgan fingerprint density at radius 2 is 2.05 bits per heavy atom. The average Bonchev–Trinajstić information content (AvgIpc) is 2.72. The third-order valence-corrected chi connectivity index (χ3v) is 4.21. The van der Waals surface area contributed by atoms with Crippen molar-refractivity contribution in [3.8, 4) is 0 Å². The molecule has 0 unspecified atom stereocenters. The number of aromatic nitrogens is 1. The zero-order chi connectivity index (χ0) is 16.0. The number of amides is 1. The van der Waals surface area contributed by atoms with Gasteiger partial charge in [0.2, 0.25) is 5.91 Å². The minimum atomic E-state index is -0.620. The molecule has 4 N–H and O–H groups in total. The molecule has 21 heavy (non-hydrogen) atoms. The van der Waals surface area contributed by atoms with E-state index in [1.165, 1.54) is 4.88 Å². The summed E-state index contributed by atoms with van der Waals surface area (Å²) in [5.41, 5.74) is 5.80. The van der Waals surface area contributed by atoms with Gasteiger partial charge in [-0.05, 0) is 34.6 Å².